The SMILES string of the molecule is CNCc1cc(S(=O)(=O)N2CCSC(C)(C)C2)ccc1C. The second-order valence-corrected chi connectivity index (χ2v) is 9.81. The fourth-order valence-corrected chi connectivity index (χ4v) is 5.48. The van der Waals surface area contributed by atoms with Gasteiger partial charge < -0.3 is 5.32 Å². The molecule has 0 saturated carbocycles. The Kier molecular flexibility index (Phi) is 5.03. The molecule has 6 heteroatoms. The van der Waals surface area contributed by atoms with Crippen LogP contribution < -0.4 is 5.32 Å². The first-order chi connectivity index (χ1) is 9.76. The molecule has 118 valence electrons. The van der Waals surface area contributed by atoms with Gasteiger partial charge in [-0.2, -0.15) is 16.1 Å². The molecule has 1 fully saturated rings. The molecule has 0 aromatic heterocycles. The number of thioether (sulfide) groups is 1. The lowest BCUT2D eigenvalue weighted by Crippen LogP contribution is -2.46. The highest BCUT2D eigenvalue weighted by molar-refractivity contribution is 8.00. The van der Waals surface area contributed by atoms with Crippen molar-refractivity contribution in [3.8, 4) is 0 Å². The van der Waals surface area contributed by atoms with Gasteiger partial charge in [0.05, 0.1) is 4.90 Å². The van der Waals surface area contributed by atoms with Gasteiger partial charge in [-0.25, -0.2) is 8.42 Å². The molecule has 1 heterocycles. The molecule has 0 bridgehead atoms. The maximum atomic E-state index is 12.8. The molecule has 1 aromatic carbocycles. The highest BCUT2D eigenvalue weighted by atomic mass is 32.2. The number of nitrogens with zero attached hydrogens (tertiary/aromatic N) is 1. The number of hydrogen-bond donors (Lipinski definition) is 1. The predicted octanol–water partition coefficient (Wildman–Crippen LogP) is 2.23. The van der Waals surface area contributed by atoms with Crippen molar-refractivity contribution < 1.29 is 8.42 Å². The van der Waals surface area contributed by atoms with E-state index >= 15 is 0 Å². The minimum Gasteiger partial charge on any atom is -0.316 e. The zero-order valence-electron chi connectivity index (χ0n) is 13.1. The van der Waals surface area contributed by atoms with Crippen LogP contribution in [-0.4, -0.2) is 43.4 Å². The summed E-state index contributed by atoms with van der Waals surface area (Å²) in [6.07, 6.45) is 0. The van der Waals surface area contributed by atoms with Gasteiger partial charge >= 0.3 is 0 Å². The van der Waals surface area contributed by atoms with Crippen LogP contribution in [0.15, 0.2) is 23.1 Å². The van der Waals surface area contributed by atoms with Gasteiger partial charge in [-0.3, -0.25) is 0 Å². The normalized spacial score (nSPS) is 19.6. The van der Waals surface area contributed by atoms with Crippen LogP contribution in [0.25, 0.3) is 0 Å². The van der Waals surface area contributed by atoms with E-state index < -0.39 is 10.0 Å². The second kappa shape index (κ2) is 6.28. The van der Waals surface area contributed by atoms with E-state index in [1.54, 1.807) is 16.4 Å². The molecule has 0 amide bonds. The molecule has 0 spiro atoms. The van der Waals surface area contributed by atoms with Gasteiger partial charge in [0.15, 0.2) is 0 Å². The molecule has 1 saturated heterocycles. The minimum absolute atomic E-state index is 0.0240. The van der Waals surface area contributed by atoms with Crippen LogP contribution in [0.5, 0.6) is 0 Å². The summed E-state index contributed by atoms with van der Waals surface area (Å²) in [5, 5.41) is 3.08. The van der Waals surface area contributed by atoms with Crippen LogP contribution in [0.4, 0.5) is 0 Å². The molecule has 2 rings (SSSR count). The third-order valence-electron chi connectivity index (χ3n) is 3.72. The van der Waals surface area contributed by atoms with Crippen LogP contribution in [0.3, 0.4) is 0 Å². The summed E-state index contributed by atoms with van der Waals surface area (Å²) in [4.78, 5) is 0.404. The monoisotopic (exact) mass is 328 g/mol. The lowest BCUT2D eigenvalue weighted by Gasteiger charge is -2.36. The van der Waals surface area contributed by atoms with E-state index in [1.165, 1.54) is 0 Å². The number of benzene rings is 1. The topological polar surface area (TPSA) is 49.4 Å². The van der Waals surface area contributed by atoms with Gasteiger partial charge in [-0.05, 0) is 51.1 Å². The van der Waals surface area contributed by atoms with Gasteiger partial charge in [0.25, 0.3) is 0 Å². The first-order valence-electron chi connectivity index (χ1n) is 7.14. The lowest BCUT2D eigenvalue weighted by atomic mass is 10.1. The summed E-state index contributed by atoms with van der Waals surface area (Å²) in [5.74, 6) is 0.849. The number of sulfonamides is 1. The molecule has 21 heavy (non-hydrogen) atoms. The number of hydrogen-bond acceptors (Lipinski definition) is 4. The van der Waals surface area contributed by atoms with Crippen LogP contribution in [-0.2, 0) is 16.6 Å². The van der Waals surface area contributed by atoms with Gasteiger partial charge in [0.2, 0.25) is 10.0 Å². The summed E-state index contributed by atoms with van der Waals surface area (Å²) in [5.41, 5.74) is 2.14. The molecule has 0 radical (unpaired) electrons. The van der Waals surface area contributed by atoms with Crippen LogP contribution >= 0.6 is 11.8 Å². The second-order valence-electron chi connectivity index (χ2n) is 6.07. The van der Waals surface area contributed by atoms with Crippen molar-refractivity contribution in [2.24, 2.45) is 0 Å². The minimum atomic E-state index is -3.40. The van der Waals surface area contributed by atoms with Gasteiger partial charge in [0.1, 0.15) is 0 Å². The standard InChI is InChI=1S/C15H24N2O2S2/c1-12-5-6-14(9-13(12)10-16-4)21(18,19)17-7-8-20-15(2,3)11-17/h5-6,9,16H,7-8,10-11H2,1-4H3. The Morgan fingerprint density at radius 2 is 2.10 bits per heavy atom. The molecule has 0 atom stereocenters. The van der Waals surface area contributed by atoms with E-state index in [2.05, 4.69) is 19.2 Å². The number of rotatable bonds is 4. The summed E-state index contributed by atoms with van der Waals surface area (Å²) in [6.45, 7) is 8.03. The van der Waals surface area contributed by atoms with E-state index in [9.17, 15) is 8.42 Å². The molecule has 1 aliphatic rings. The van der Waals surface area contributed by atoms with Crippen molar-refractivity contribution in [3.05, 3.63) is 29.3 Å². The Labute approximate surface area is 132 Å². The van der Waals surface area contributed by atoms with Crippen molar-refractivity contribution in [1.82, 2.24) is 9.62 Å². The van der Waals surface area contributed by atoms with Gasteiger partial charge in [-0.15, -0.1) is 0 Å². The van der Waals surface area contributed by atoms with Crippen molar-refractivity contribution >= 4 is 21.8 Å². The lowest BCUT2D eigenvalue weighted by molar-refractivity contribution is 0.387. The zero-order chi connectivity index (χ0) is 15.7. The fourth-order valence-electron chi connectivity index (χ4n) is 2.52. The maximum Gasteiger partial charge on any atom is 0.243 e. The smallest absolute Gasteiger partial charge is 0.243 e. The molecule has 1 aliphatic heterocycles. The zero-order valence-corrected chi connectivity index (χ0v) is 14.8. The quantitative estimate of drug-likeness (QED) is 0.921. The summed E-state index contributed by atoms with van der Waals surface area (Å²) in [6, 6.07) is 5.41. The Bertz CT molecular complexity index is 612. The molecular weight excluding hydrogens is 304 g/mol. The molecule has 0 unspecified atom stereocenters. The average Bonchev–Trinajstić information content (AvgIpc) is 2.40. The summed E-state index contributed by atoms with van der Waals surface area (Å²) < 4.78 is 27.3. The number of nitrogens with one attached hydrogen (secondary N) is 1. The van der Waals surface area contributed by atoms with Crippen LogP contribution in [0, 0.1) is 6.92 Å². The van der Waals surface area contributed by atoms with Gasteiger partial charge in [-0.1, -0.05) is 6.07 Å². The summed E-state index contributed by atoms with van der Waals surface area (Å²) >= 11 is 1.83. The Morgan fingerprint density at radius 1 is 1.38 bits per heavy atom. The first kappa shape index (κ1) is 16.8. The van der Waals surface area contributed by atoms with Crippen LogP contribution in [0.1, 0.15) is 25.0 Å². The van der Waals surface area contributed by atoms with Crippen molar-refractivity contribution in [3.63, 3.8) is 0 Å². The first-order valence-corrected chi connectivity index (χ1v) is 9.57. The van der Waals surface area contributed by atoms with E-state index in [0.29, 0.717) is 24.5 Å². The van der Waals surface area contributed by atoms with E-state index in [0.717, 1.165) is 16.9 Å². The molecule has 0 aliphatic carbocycles. The predicted molar refractivity (Wildman–Crippen MR) is 89.2 cm³/mol. The fraction of sp³-hybridized carbons (Fsp3) is 0.600. The third-order valence-corrected chi connectivity index (χ3v) is 6.85. The van der Waals surface area contributed by atoms with Crippen LogP contribution in [0.2, 0.25) is 0 Å². The average molecular weight is 329 g/mol. The Hall–Kier alpha value is -0.560. The largest absolute Gasteiger partial charge is 0.316 e. The molecule has 1 aromatic rings. The highest BCUT2D eigenvalue weighted by Crippen LogP contribution is 2.32. The number of aryl methyl sites for hydroxylation is 1. The van der Waals surface area contributed by atoms with Crippen molar-refractivity contribution in [2.45, 2.75) is 37.0 Å². The Balaban J connectivity index is 2.33. The Morgan fingerprint density at radius 3 is 2.71 bits per heavy atom. The summed E-state index contributed by atoms with van der Waals surface area (Å²) in [7, 11) is -1.53. The highest BCUT2D eigenvalue weighted by Gasteiger charge is 2.34. The van der Waals surface area contributed by atoms with E-state index in [1.807, 2.05) is 31.8 Å². The van der Waals surface area contributed by atoms with Gasteiger partial charge in [0, 0.05) is 30.1 Å². The van der Waals surface area contributed by atoms with E-state index in [4.69, 9.17) is 0 Å². The molecule has 1 N–H and O–H groups in total. The van der Waals surface area contributed by atoms with E-state index in [-0.39, 0.29) is 4.75 Å². The third kappa shape index (κ3) is 3.80. The van der Waals surface area contributed by atoms with Crippen molar-refractivity contribution in [2.75, 3.05) is 25.9 Å². The maximum absolute atomic E-state index is 12.8. The van der Waals surface area contributed by atoms with Crippen molar-refractivity contribution in [1.29, 1.82) is 0 Å². The molecular formula is C15H24N2O2S2. The molecule has 4 nitrogen and oxygen atoms in total.